The van der Waals surface area contributed by atoms with Gasteiger partial charge in [0, 0.05) is 0 Å². The van der Waals surface area contributed by atoms with Crippen molar-refractivity contribution in [2.45, 2.75) is 358 Å². The normalized spacial score (nSPS) is 20.0. The summed E-state index contributed by atoms with van der Waals surface area (Å²) in [6.45, 7) is 3.50. The summed E-state index contributed by atoms with van der Waals surface area (Å²) >= 11 is 0. The molecule has 0 aromatic heterocycles. The van der Waals surface area contributed by atoms with Crippen molar-refractivity contribution >= 4 is 5.91 Å². The number of carbonyl (C=O) groups excluding carboxylic acids is 1. The van der Waals surface area contributed by atoms with Crippen molar-refractivity contribution in [1.82, 2.24) is 5.32 Å². The first kappa shape index (κ1) is 68.9. The maximum atomic E-state index is 13.2. The van der Waals surface area contributed by atoms with Gasteiger partial charge in [-0.05, 0) is 38.5 Å². The predicted octanol–water partition coefficient (Wildman–Crippen LogP) is 13.5. The van der Waals surface area contributed by atoms with Crippen molar-refractivity contribution in [3.8, 4) is 0 Å². The Morgan fingerprint density at radius 2 is 0.806 bits per heavy atom. The van der Waals surface area contributed by atoms with Crippen molar-refractivity contribution in [3.63, 3.8) is 0 Å². The smallest absolute Gasteiger partial charge is 0.249 e. The lowest BCUT2D eigenvalue weighted by molar-refractivity contribution is -0.303. The van der Waals surface area contributed by atoms with Gasteiger partial charge in [-0.1, -0.05) is 276 Å². The van der Waals surface area contributed by atoms with Crippen LogP contribution in [0, 0.1) is 0 Å². The lowest BCUT2D eigenvalue weighted by atomic mass is 9.98. The number of aliphatic hydroxyl groups excluding tert-OH is 7. The number of hydrogen-bond acceptors (Lipinski definition) is 10. The fourth-order valence-corrected chi connectivity index (χ4v) is 10.3. The highest BCUT2D eigenvalue weighted by Gasteiger charge is 2.44. The highest BCUT2D eigenvalue weighted by molar-refractivity contribution is 5.80. The van der Waals surface area contributed by atoms with E-state index < -0.39 is 74.2 Å². The number of ether oxygens (including phenoxy) is 2. The summed E-state index contributed by atoms with van der Waals surface area (Å²) in [7, 11) is 0. The molecule has 1 heterocycles. The molecule has 9 unspecified atom stereocenters. The SMILES string of the molecule is CCCCCCCCCCCCCC/C=C\CCCCCCCCC(O)C(=O)NC(COC1OC(CO)C(O)C(O)C1O)C(O)C(O)CCCCCCCCCCCCCCCCCCCCCCCCC. The van der Waals surface area contributed by atoms with E-state index in [9.17, 15) is 40.5 Å². The average Bonchev–Trinajstić information content (AvgIpc) is 3.38. The Morgan fingerprint density at radius 3 is 1.17 bits per heavy atom. The van der Waals surface area contributed by atoms with Gasteiger partial charge in [0.05, 0.1) is 25.4 Å². The quantitative estimate of drug-likeness (QED) is 0.0215. The van der Waals surface area contributed by atoms with Gasteiger partial charge in [-0.25, -0.2) is 0 Å². The minimum atomic E-state index is -1.66. The van der Waals surface area contributed by atoms with E-state index in [2.05, 4.69) is 31.3 Å². The zero-order valence-electron chi connectivity index (χ0n) is 46.9. The van der Waals surface area contributed by atoms with Crippen molar-refractivity contribution in [2.24, 2.45) is 0 Å². The van der Waals surface area contributed by atoms with Gasteiger partial charge in [-0.3, -0.25) is 4.79 Å². The number of rotatable bonds is 54. The van der Waals surface area contributed by atoms with Gasteiger partial charge in [-0.15, -0.1) is 0 Å². The third kappa shape index (κ3) is 38.4. The summed E-state index contributed by atoms with van der Waals surface area (Å²) in [6.07, 6.45) is 48.4. The van der Waals surface area contributed by atoms with Crippen LogP contribution < -0.4 is 5.32 Å². The highest BCUT2D eigenvalue weighted by Crippen LogP contribution is 2.24. The number of carbonyl (C=O) groups is 1. The molecule has 11 heteroatoms. The lowest BCUT2D eigenvalue weighted by Crippen LogP contribution is -2.60. The third-order valence-corrected chi connectivity index (χ3v) is 15.3. The van der Waals surface area contributed by atoms with E-state index in [0.717, 1.165) is 51.4 Å². The first-order chi connectivity index (χ1) is 35.2. The van der Waals surface area contributed by atoms with Gasteiger partial charge in [0.1, 0.15) is 36.6 Å². The van der Waals surface area contributed by atoms with E-state index in [1.165, 1.54) is 212 Å². The zero-order valence-corrected chi connectivity index (χ0v) is 46.9. The van der Waals surface area contributed by atoms with Gasteiger partial charge in [-0.2, -0.15) is 0 Å². The van der Waals surface area contributed by atoms with Gasteiger partial charge in [0.15, 0.2) is 6.29 Å². The van der Waals surface area contributed by atoms with Crippen LogP contribution in [0.25, 0.3) is 0 Å². The summed E-state index contributed by atoms with van der Waals surface area (Å²) in [5.74, 6) is -0.696. The van der Waals surface area contributed by atoms with Gasteiger partial charge in [0.25, 0.3) is 0 Å². The molecule has 0 bridgehead atoms. The van der Waals surface area contributed by atoms with Crippen molar-refractivity contribution < 1.29 is 50.0 Å². The Bertz CT molecular complexity index is 1180. The van der Waals surface area contributed by atoms with E-state index in [1.807, 2.05) is 0 Å². The Hall–Kier alpha value is -1.15. The zero-order chi connectivity index (χ0) is 52.5. The summed E-state index contributed by atoms with van der Waals surface area (Å²) in [5.41, 5.74) is 0. The maximum Gasteiger partial charge on any atom is 0.249 e. The van der Waals surface area contributed by atoms with E-state index in [1.54, 1.807) is 0 Å². The Labute approximate surface area is 442 Å². The second-order valence-electron chi connectivity index (χ2n) is 22.1. The number of amides is 1. The van der Waals surface area contributed by atoms with Crippen LogP contribution in [-0.2, 0) is 14.3 Å². The Balaban J connectivity index is 2.28. The van der Waals surface area contributed by atoms with Gasteiger partial charge < -0.3 is 50.5 Å². The Kier molecular flexibility index (Phi) is 48.4. The molecule has 11 nitrogen and oxygen atoms in total. The molecule has 1 amide bonds. The van der Waals surface area contributed by atoms with Crippen LogP contribution in [-0.4, -0.2) is 110 Å². The van der Waals surface area contributed by atoms with Gasteiger partial charge >= 0.3 is 0 Å². The minimum Gasteiger partial charge on any atom is -0.394 e. The predicted molar refractivity (Wildman–Crippen MR) is 298 cm³/mol. The van der Waals surface area contributed by atoms with E-state index >= 15 is 0 Å². The number of hydrogen-bond donors (Lipinski definition) is 8. The average molecular weight is 1030 g/mol. The number of aliphatic hydroxyl groups is 7. The van der Waals surface area contributed by atoms with Gasteiger partial charge in [0.2, 0.25) is 5.91 Å². The lowest BCUT2D eigenvalue weighted by Gasteiger charge is -2.40. The van der Waals surface area contributed by atoms with Crippen LogP contribution in [0.4, 0.5) is 0 Å². The largest absolute Gasteiger partial charge is 0.394 e. The Morgan fingerprint density at radius 1 is 0.472 bits per heavy atom. The summed E-state index contributed by atoms with van der Waals surface area (Å²) < 4.78 is 11.2. The van der Waals surface area contributed by atoms with E-state index in [-0.39, 0.29) is 6.42 Å². The number of nitrogens with one attached hydrogen (secondary N) is 1. The monoisotopic (exact) mass is 1030 g/mol. The van der Waals surface area contributed by atoms with Crippen LogP contribution >= 0.6 is 0 Å². The van der Waals surface area contributed by atoms with E-state index in [0.29, 0.717) is 19.3 Å². The molecule has 1 fully saturated rings. The molecule has 1 aliphatic rings. The number of allylic oxidation sites excluding steroid dienone is 2. The molecule has 0 aliphatic carbocycles. The van der Waals surface area contributed by atoms with Crippen molar-refractivity contribution in [2.75, 3.05) is 13.2 Å². The van der Waals surface area contributed by atoms with Crippen LogP contribution in [0.2, 0.25) is 0 Å². The van der Waals surface area contributed by atoms with Crippen LogP contribution in [0.5, 0.6) is 0 Å². The molecular formula is C61H119NO10. The van der Waals surface area contributed by atoms with Crippen molar-refractivity contribution in [3.05, 3.63) is 12.2 Å². The summed E-state index contributed by atoms with van der Waals surface area (Å²) in [4.78, 5) is 13.2. The van der Waals surface area contributed by atoms with Crippen LogP contribution in [0.1, 0.15) is 303 Å². The molecule has 0 saturated carbocycles. The maximum absolute atomic E-state index is 13.2. The van der Waals surface area contributed by atoms with Crippen LogP contribution in [0.3, 0.4) is 0 Å². The molecule has 0 aromatic rings. The molecule has 1 aliphatic heterocycles. The molecule has 1 saturated heterocycles. The molecule has 428 valence electrons. The topological polar surface area (TPSA) is 189 Å². The second kappa shape index (κ2) is 50.7. The molecule has 0 spiro atoms. The van der Waals surface area contributed by atoms with Crippen molar-refractivity contribution in [1.29, 1.82) is 0 Å². The molecule has 0 radical (unpaired) electrons. The minimum absolute atomic E-state index is 0.256. The third-order valence-electron chi connectivity index (χ3n) is 15.3. The molecule has 1 rings (SSSR count). The first-order valence-corrected chi connectivity index (χ1v) is 31.1. The molecular weight excluding hydrogens is 907 g/mol. The highest BCUT2D eigenvalue weighted by atomic mass is 16.7. The number of unbranched alkanes of at least 4 members (excludes halogenated alkanes) is 40. The fraction of sp³-hybridized carbons (Fsp3) is 0.951. The molecule has 0 aromatic carbocycles. The van der Waals surface area contributed by atoms with E-state index in [4.69, 9.17) is 9.47 Å². The standard InChI is InChI=1S/C61H119NO10/c1-3-5-7-9-11-13-15-17-19-21-23-25-27-29-30-32-34-36-38-40-42-44-46-48-53(64)56(66)52(51-71-61-59(69)58(68)57(67)55(50-63)72-61)62-60(70)54(65)49-47-45-43-41-39-37-35-33-31-28-26-24-22-20-18-16-14-12-10-8-6-4-2/h31,33,52-59,61,63-69H,3-30,32,34-51H2,1-2H3,(H,62,70)/b33-31-. The first-order valence-electron chi connectivity index (χ1n) is 31.1. The molecule has 9 atom stereocenters. The fourth-order valence-electron chi connectivity index (χ4n) is 10.3. The summed E-state index contributed by atoms with van der Waals surface area (Å²) in [5, 5.41) is 76.3. The van der Waals surface area contributed by atoms with Crippen LogP contribution in [0.15, 0.2) is 12.2 Å². The molecule has 72 heavy (non-hydrogen) atoms. The summed E-state index contributed by atoms with van der Waals surface area (Å²) in [6, 6.07) is -1.17. The molecule has 8 N–H and O–H groups in total. The second-order valence-corrected chi connectivity index (χ2v) is 22.1.